The maximum atomic E-state index is 12.2. The summed E-state index contributed by atoms with van der Waals surface area (Å²) in [7, 11) is 2.37. The maximum Gasteiger partial charge on any atom is 0.423 e. The molecule has 0 rings (SSSR count). The minimum atomic E-state index is -5.57. The van der Waals surface area contributed by atoms with Gasteiger partial charge in [-0.05, 0) is 20.4 Å². The molecule has 4 nitrogen and oxygen atoms in total. The van der Waals surface area contributed by atoms with Crippen LogP contribution in [-0.4, -0.2) is 50.7 Å². The first-order chi connectivity index (χ1) is 8.88. The Labute approximate surface area is 111 Å². The highest BCUT2D eigenvalue weighted by atomic mass is 19.4. The Morgan fingerprint density at radius 3 is 1.90 bits per heavy atom. The van der Waals surface area contributed by atoms with Crippen molar-refractivity contribution in [3.8, 4) is 0 Å². The van der Waals surface area contributed by atoms with Crippen LogP contribution in [-0.2, 0) is 14.3 Å². The largest absolute Gasteiger partial charge is 0.468 e. The van der Waals surface area contributed by atoms with E-state index in [9.17, 15) is 31.1 Å². The predicted molar refractivity (Wildman–Crippen MR) is 55.9 cm³/mol. The first-order valence-electron chi connectivity index (χ1n) is 5.41. The molecular formula is C10H15F6NO3. The van der Waals surface area contributed by atoms with Crippen LogP contribution in [0.15, 0.2) is 0 Å². The molecule has 0 aliphatic rings. The molecule has 1 atom stereocenters. The Balaban J connectivity index is 4.71. The molecule has 20 heavy (non-hydrogen) atoms. The maximum absolute atomic E-state index is 12.2. The molecular weight excluding hydrogens is 296 g/mol. The van der Waals surface area contributed by atoms with E-state index < -0.39 is 43.0 Å². The number of rotatable bonds is 6. The van der Waals surface area contributed by atoms with Gasteiger partial charge in [-0.25, -0.2) is 0 Å². The predicted octanol–water partition coefficient (Wildman–Crippen LogP) is 2.04. The highest BCUT2D eigenvalue weighted by Crippen LogP contribution is 2.35. The van der Waals surface area contributed by atoms with Crippen molar-refractivity contribution in [1.29, 1.82) is 0 Å². The van der Waals surface area contributed by atoms with Crippen molar-refractivity contribution in [3.63, 3.8) is 0 Å². The number of ether oxygens (including phenoxy) is 2. The lowest BCUT2D eigenvalue weighted by Crippen LogP contribution is -2.50. The van der Waals surface area contributed by atoms with Crippen molar-refractivity contribution in [1.82, 2.24) is 5.32 Å². The summed E-state index contributed by atoms with van der Waals surface area (Å²) >= 11 is 0. The molecule has 10 heteroatoms. The third-order valence-corrected chi connectivity index (χ3v) is 2.67. The minimum Gasteiger partial charge on any atom is -0.468 e. The van der Waals surface area contributed by atoms with E-state index in [0.29, 0.717) is 0 Å². The van der Waals surface area contributed by atoms with Gasteiger partial charge in [-0.1, -0.05) is 0 Å². The molecule has 0 aromatic heterocycles. The van der Waals surface area contributed by atoms with Gasteiger partial charge in [-0.15, -0.1) is 0 Å². The molecule has 1 N–H and O–H groups in total. The van der Waals surface area contributed by atoms with Crippen LogP contribution >= 0.6 is 0 Å². The standard InChI is InChI=1S/C10H15F6NO3/c1-8(17-2,7(18)19-3)4-5-20-6(9(11,12)13)10(14,15)16/h6,17H,4-5H2,1-3H3. The summed E-state index contributed by atoms with van der Waals surface area (Å²) in [6, 6.07) is 0. The summed E-state index contributed by atoms with van der Waals surface area (Å²) in [6.45, 7) is 0.356. The van der Waals surface area contributed by atoms with E-state index in [1.165, 1.54) is 14.0 Å². The first kappa shape index (κ1) is 19.0. The van der Waals surface area contributed by atoms with Crippen molar-refractivity contribution in [2.24, 2.45) is 0 Å². The topological polar surface area (TPSA) is 47.6 Å². The highest BCUT2D eigenvalue weighted by molar-refractivity contribution is 5.80. The van der Waals surface area contributed by atoms with E-state index in [2.05, 4.69) is 14.8 Å². The number of alkyl halides is 6. The number of esters is 1. The molecule has 0 saturated carbocycles. The number of carbonyl (C=O) groups is 1. The van der Waals surface area contributed by atoms with Gasteiger partial charge in [0, 0.05) is 0 Å². The summed E-state index contributed by atoms with van der Waals surface area (Å²) in [5.74, 6) is -0.820. The molecule has 0 aliphatic heterocycles. The number of hydrogen-bond donors (Lipinski definition) is 1. The number of likely N-dealkylation sites (N-methyl/N-ethyl adjacent to an activating group) is 1. The van der Waals surface area contributed by atoms with Gasteiger partial charge < -0.3 is 14.8 Å². The smallest absolute Gasteiger partial charge is 0.423 e. The molecule has 1 unspecified atom stereocenters. The lowest BCUT2D eigenvalue weighted by Gasteiger charge is -2.28. The van der Waals surface area contributed by atoms with Gasteiger partial charge in [-0.2, -0.15) is 26.3 Å². The van der Waals surface area contributed by atoms with Crippen LogP contribution in [0.1, 0.15) is 13.3 Å². The van der Waals surface area contributed by atoms with Crippen LogP contribution in [0, 0.1) is 0 Å². The second-order valence-electron chi connectivity index (χ2n) is 4.16. The molecule has 0 aromatic rings. The fourth-order valence-corrected chi connectivity index (χ4v) is 1.31. The number of nitrogens with one attached hydrogen (secondary N) is 1. The molecule has 0 heterocycles. The van der Waals surface area contributed by atoms with Crippen molar-refractivity contribution in [2.45, 2.75) is 37.3 Å². The van der Waals surface area contributed by atoms with E-state index in [-0.39, 0.29) is 0 Å². The fraction of sp³-hybridized carbons (Fsp3) is 0.900. The van der Waals surface area contributed by atoms with Crippen LogP contribution in [0.3, 0.4) is 0 Å². The van der Waals surface area contributed by atoms with Crippen LogP contribution in [0.25, 0.3) is 0 Å². The third kappa shape index (κ3) is 5.16. The van der Waals surface area contributed by atoms with E-state index in [4.69, 9.17) is 0 Å². The molecule has 0 saturated heterocycles. The molecule has 120 valence electrons. The molecule has 0 radical (unpaired) electrons. The Morgan fingerprint density at radius 2 is 1.60 bits per heavy atom. The van der Waals surface area contributed by atoms with Gasteiger partial charge in [0.2, 0.25) is 6.10 Å². The van der Waals surface area contributed by atoms with Crippen LogP contribution in [0.4, 0.5) is 26.3 Å². The molecule has 0 aliphatic carbocycles. The van der Waals surface area contributed by atoms with Crippen molar-refractivity contribution in [3.05, 3.63) is 0 Å². The Kier molecular flexibility index (Phi) is 6.27. The van der Waals surface area contributed by atoms with Gasteiger partial charge in [0.25, 0.3) is 0 Å². The van der Waals surface area contributed by atoms with E-state index in [1.54, 1.807) is 0 Å². The average Bonchev–Trinajstić information content (AvgIpc) is 2.29. The molecule has 0 amide bonds. The highest BCUT2D eigenvalue weighted by Gasteiger charge is 2.58. The molecule has 0 bridgehead atoms. The summed E-state index contributed by atoms with van der Waals surface area (Å²) in [6.07, 6.45) is -15.4. The number of hydrogen-bond acceptors (Lipinski definition) is 4. The second-order valence-corrected chi connectivity index (χ2v) is 4.16. The van der Waals surface area contributed by atoms with Crippen molar-refractivity contribution < 1.29 is 40.6 Å². The lowest BCUT2D eigenvalue weighted by molar-refractivity contribution is -0.322. The van der Waals surface area contributed by atoms with Gasteiger partial charge in [0.05, 0.1) is 13.7 Å². The zero-order valence-corrected chi connectivity index (χ0v) is 11.0. The van der Waals surface area contributed by atoms with Crippen molar-refractivity contribution >= 4 is 5.97 Å². The monoisotopic (exact) mass is 311 g/mol. The van der Waals surface area contributed by atoms with Gasteiger partial charge in [-0.3, -0.25) is 4.79 Å². The SMILES string of the molecule is CNC(C)(CCOC(C(F)(F)F)C(F)(F)F)C(=O)OC. The van der Waals surface area contributed by atoms with Crippen LogP contribution in [0.2, 0.25) is 0 Å². The summed E-state index contributed by atoms with van der Waals surface area (Å²) < 4.78 is 81.4. The van der Waals surface area contributed by atoms with Gasteiger partial charge in [0.15, 0.2) is 0 Å². The van der Waals surface area contributed by atoms with Crippen molar-refractivity contribution in [2.75, 3.05) is 20.8 Å². The van der Waals surface area contributed by atoms with E-state index >= 15 is 0 Å². The van der Waals surface area contributed by atoms with Crippen LogP contribution in [0.5, 0.6) is 0 Å². The Morgan fingerprint density at radius 1 is 1.15 bits per heavy atom. The number of halogens is 6. The quantitative estimate of drug-likeness (QED) is 0.602. The molecule has 0 aromatic carbocycles. The third-order valence-electron chi connectivity index (χ3n) is 2.67. The minimum absolute atomic E-state index is 0.418. The van der Waals surface area contributed by atoms with Crippen LogP contribution < -0.4 is 5.32 Å². The summed E-state index contributed by atoms with van der Waals surface area (Å²) in [5.41, 5.74) is -1.43. The van der Waals surface area contributed by atoms with E-state index in [0.717, 1.165) is 7.11 Å². The second kappa shape index (κ2) is 6.61. The zero-order valence-electron chi connectivity index (χ0n) is 11.0. The first-order valence-corrected chi connectivity index (χ1v) is 5.41. The van der Waals surface area contributed by atoms with E-state index in [1.807, 2.05) is 0 Å². The normalized spacial score (nSPS) is 16.1. The molecule has 0 spiro atoms. The summed E-state index contributed by atoms with van der Waals surface area (Å²) in [5, 5.41) is 2.46. The van der Waals surface area contributed by atoms with Gasteiger partial charge >= 0.3 is 18.3 Å². The lowest BCUT2D eigenvalue weighted by atomic mass is 9.99. The fourth-order valence-electron chi connectivity index (χ4n) is 1.31. The number of methoxy groups -OCH3 is 1. The Hall–Kier alpha value is -1.03. The number of carbonyl (C=O) groups excluding carboxylic acids is 1. The summed E-state index contributed by atoms with van der Waals surface area (Å²) in [4.78, 5) is 11.3. The Bertz CT molecular complexity index is 316. The van der Waals surface area contributed by atoms with Gasteiger partial charge in [0.1, 0.15) is 5.54 Å². The average molecular weight is 311 g/mol. The molecule has 0 fully saturated rings. The zero-order chi connectivity index (χ0) is 16.2.